The van der Waals surface area contributed by atoms with Gasteiger partial charge < -0.3 is 10.2 Å². The minimum atomic E-state index is 0.0481. The number of nitrogens with one attached hydrogen (secondary N) is 1. The number of benzene rings is 1. The van der Waals surface area contributed by atoms with Crippen molar-refractivity contribution in [1.82, 2.24) is 15.3 Å². The molecule has 6 heteroatoms. The first-order valence-electron chi connectivity index (χ1n) is 7.95. The van der Waals surface area contributed by atoms with Crippen LogP contribution in [0.2, 0.25) is 0 Å². The van der Waals surface area contributed by atoms with Crippen LogP contribution < -0.4 is 10.2 Å². The van der Waals surface area contributed by atoms with Crippen molar-refractivity contribution in [3.8, 4) is 6.07 Å². The summed E-state index contributed by atoms with van der Waals surface area (Å²) in [6, 6.07) is 12.4. The number of piperazine rings is 1. The van der Waals surface area contributed by atoms with Gasteiger partial charge in [0.2, 0.25) is 0 Å². The summed E-state index contributed by atoms with van der Waals surface area (Å²) in [5.74, 6) is 0.816. The maximum absolute atomic E-state index is 9.38. The molecule has 1 aliphatic heterocycles. The van der Waals surface area contributed by atoms with Gasteiger partial charge in [-0.15, -0.1) is 11.3 Å². The van der Waals surface area contributed by atoms with Gasteiger partial charge >= 0.3 is 0 Å². The Hall–Kier alpha value is -2.49. The number of rotatable bonds is 2. The van der Waals surface area contributed by atoms with Crippen LogP contribution in [0.3, 0.4) is 0 Å². The van der Waals surface area contributed by atoms with Crippen molar-refractivity contribution in [3.63, 3.8) is 0 Å². The van der Waals surface area contributed by atoms with E-state index in [0.717, 1.165) is 34.8 Å². The zero-order chi connectivity index (χ0) is 16.5. The van der Waals surface area contributed by atoms with Gasteiger partial charge in [0.15, 0.2) is 0 Å². The second-order valence-corrected chi connectivity index (χ2v) is 6.96. The molecule has 0 amide bonds. The first-order chi connectivity index (χ1) is 11.7. The molecule has 0 saturated carbocycles. The normalized spacial score (nSPS) is 20.9. The van der Waals surface area contributed by atoms with Crippen LogP contribution in [0.1, 0.15) is 24.4 Å². The molecule has 1 aromatic carbocycles. The SMILES string of the molecule is CC1CN(c2ccccc2C#N)CC(c2ncc3ccsc3n2)N1. The van der Waals surface area contributed by atoms with Crippen molar-refractivity contribution in [2.75, 3.05) is 18.0 Å². The van der Waals surface area contributed by atoms with Gasteiger partial charge in [0.25, 0.3) is 0 Å². The van der Waals surface area contributed by atoms with E-state index in [-0.39, 0.29) is 12.1 Å². The second kappa shape index (κ2) is 6.19. The fourth-order valence-corrected chi connectivity index (χ4v) is 3.95. The van der Waals surface area contributed by atoms with Crippen LogP contribution in [-0.4, -0.2) is 29.1 Å². The Labute approximate surface area is 144 Å². The highest BCUT2D eigenvalue weighted by Crippen LogP contribution is 2.27. The van der Waals surface area contributed by atoms with E-state index < -0.39 is 0 Å². The van der Waals surface area contributed by atoms with Gasteiger partial charge in [-0.2, -0.15) is 5.26 Å². The minimum absolute atomic E-state index is 0.0481. The summed E-state index contributed by atoms with van der Waals surface area (Å²) in [5.41, 5.74) is 1.69. The quantitative estimate of drug-likeness (QED) is 0.779. The van der Waals surface area contributed by atoms with Crippen LogP contribution in [0.25, 0.3) is 10.2 Å². The number of anilines is 1. The van der Waals surface area contributed by atoms with E-state index in [4.69, 9.17) is 4.98 Å². The Morgan fingerprint density at radius 3 is 3.04 bits per heavy atom. The summed E-state index contributed by atoms with van der Waals surface area (Å²) in [6.45, 7) is 3.76. The number of hydrogen-bond acceptors (Lipinski definition) is 6. The van der Waals surface area contributed by atoms with Crippen LogP contribution in [0, 0.1) is 11.3 Å². The molecule has 2 unspecified atom stereocenters. The lowest BCUT2D eigenvalue weighted by atomic mass is 10.1. The highest BCUT2D eigenvalue weighted by molar-refractivity contribution is 7.16. The number of thiophene rings is 1. The van der Waals surface area contributed by atoms with Gasteiger partial charge in [-0.25, -0.2) is 9.97 Å². The van der Waals surface area contributed by atoms with Crippen LogP contribution in [0.5, 0.6) is 0 Å². The van der Waals surface area contributed by atoms with Gasteiger partial charge in [-0.05, 0) is 30.5 Å². The molecule has 24 heavy (non-hydrogen) atoms. The molecule has 0 bridgehead atoms. The molecule has 120 valence electrons. The van der Waals surface area contributed by atoms with E-state index in [1.54, 1.807) is 11.3 Å². The predicted octanol–water partition coefficient (Wildman–Crippen LogP) is 3.10. The molecular weight excluding hydrogens is 318 g/mol. The first-order valence-corrected chi connectivity index (χ1v) is 8.83. The molecule has 3 aromatic rings. The Kier molecular flexibility index (Phi) is 3.89. The Bertz CT molecular complexity index is 913. The Morgan fingerprint density at radius 1 is 1.29 bits per heavy atom. The summed E-state index contributed by atoms with van der Waals surface area (Å²) in [5, 5.41) is 16.1. The smallest absolute Gasteiger partial charge is 0.148 e. The second-order valence-electron chi connectivity index (χ2n) is 6.06. The van der Waals surface area contributed by atoms with Gasteiger partial charge in [-0.1, -0.05) is 12.1 Å². The average Bonchev–Trinajstić information content (AvgIpc) is 3.09. The summed E-state index contributed by atoms with van der Waals surface area (Å²) < 4.78 is 0. The van der Waals surface area contributed by atoms with Crippen molar-refractivity contribution in [2.45, 2.75) is 19.0 Å². The Balaban J connectivity index is 1.66. The highest BCUT2D eigenvalue weighted by Gasteiger charge is 2.28. The fourth-order valence-electron chi connectivity index (χ4n) is 3.21. The molecule has 0 aliphatic carbocycles. The monoisotopic (exact) mass is 335 g/mol. The van der Waals surface area contributed by atoms with Crippen molar-refractivity contribution in [2.24, 2.45) is 0 Å². The maximum atomic E-state index is 9.38. The molecule has 2 aromatic heterocycles. The molecule has 1 fully saturated rings. The molecule has 0 radical (unpaired) electrons. The predicted molar refractivity (Wildman–Crippen MR) is 96.1 cm³/mol. The summed E-state index contributed by atoms with van der Waals surface area (Å²) in [7, 11) is 0. The van der Waals surface area contributed by atoms with Crippen molar-refractivity contribution in [3.05, 3.63) is 53.3 Å². The molecule has 2 atom stereocenters. The number of fused-ring (bicyclic) bond motifs is 1. The number of hydrogen-bond donors (Lipinski definition) is 1. The van der Waals surface area contributed by atoms with Crippen molar-refractivity contribution < 1.29 is 0 Å². The fraction of sp³-hybridized carbons (Fsp3) is 0.278. The van der Waals surface area contributed by atoms with Gasteiger partial charge in [0, 0.05) is 30.7 Å². The molecule has 5 nitrogen and oxygen atoms in total. The maximum Gasteiger partial charge on any atom is 0.148 e. The van der Waals surface area contributed by atoms with Crippen LogP contribution in [-0.2, 0) is 0 Å². The molecule has 0 spiro atoms. The summed E-state index contributed by atoms with van der Waals surface area (Å²) >= 11 is 1.63. The zero-order valence-corrected chi connectivity index (χ0v) is 14.1. The van der Waals surface area contributed by atoms with E-state index >= 15 is 0 Å². The summed E-state index contributed by atoms with van der Waals surface area (Å²) in [4.78, 5) is 12.5. The van der Waals surface area contributed by atoms with Crippen molar-refractivity contribution in [1.29, 1.82) is 5.26 Å². The lowest BCUT2D eigenvalue weighted by molar-refractivity contribution is 0.384. The highest BCUT2D eigenvalue weighted by atomic mass is 32.1. The number of nitriles is 1. The first kappa shape index (κ1) is 15.1. The third kappa shape index (κ3) is 2.73. The van der Waals surface area contributed by atoms with Crippen LogP contribution in [0.15, 0.2) is 41.9 Å². The molecule has 3 heterocycles. The lowest BCUT2D eigenvalue weighted by Crippen LogP contribution is -2.51. The Morgan fingerprint density at radius 2 is 2.17 bits per heavy atom. The molecule has 1 aliphatic rings. The topological polar surface area (TPSA) is 64.8 Å². The van der Waals surface area contributed by atoms with Gasteiger partial charge in [0.1, 0.15) is 16.7 Å². The molecule has 4 rings (SSSR count). The summed E-state index contributed by atoms with van der Waals surface area (Å²) in [6.07, 6.45) is 1.89. The van der Waals surface area contributed by atoms with Crippen LogP contribution >= 0.6 is 11.3 Å². The van der Waals surface area contributed by atoms with E-state index in [2.05, 4.69) is 28.2 Å². The number of para-hydroxylation sites is 1. The molecular formula is C18H17N5S. The third-order valence-corrected chi connectivity index (χ3v) is 5.11. The third-order valence-electron chi connectivity index (χ3n) is 4.29. The van der Waals surface area contributed by atoms with Crippen molar-refractivity contribution >= 4 is 27.2 Å². The number of aromatic nitrogens is 2. The van der Waals surface area contributed by atoms with E-state index in [1.165, 1.54) is 0 Å². The number of nitrogens with zero attached hydrogens (tertiary/aromatic N) is 4. The lowest BCUT2D eigenvalue weighted by Gasteiger charge is -2.38. The van der Waals surface area contributed by atoms with Gasteiger partial charge in [-0.3, -0.25) is 0 Å². The van der Waals surface area contributed by atoms with Gasteiger partial charge in [0.05, 0.1) is 17.3 Å². The zero-order valence-electron chi connectivity index (χ0n) is 13.3. The standard InChI is InChI=1S/C18H17N5S/c1-12-10-23(16-5-3-2-4-13(16)8-19)11-15(21-12)17-20-9-14-6-7-24-18(14)22-17/h2-7,9,12,15,21H,10-11H2,1H3. The van der Waals surface area contributed by atoms with E-state index in [9.17, 15) is 5.26 Å². The van der Waals surface area contributed by atoms with Crippen LogP contribution in [0.4, 0.5) is 5.69 Å². The average molecular weight is 335 g/mol. The minimum Gasteiger partial charge on any atom is -0.367 e. The molecule has 1 N–H and O–H groups in total. The molecule has 1 saturated heterocycles. The van der Waals surface area contributed by atoms with E-state index in [1.807, 2.05) is 41.9 Å². The largest absolute Gasteiger partial charge is 0.367 e. The van der Waals surface area contributed by atoms with E-state index in [0.29, 0.717) is 5.56 Å².